The number of halogens is 1. The summed E-state index contributed by atoms with van der Waals surface area (Å²) in [6.07, 6.45) is 4.96. The molecule has 2 heterocycles. The number of aryl methyl sites for hydroxylation is 1. The van der Waals surface area contributed by atoms with Crippen LogP contribution in [0.25, 0.3) is 21.3 Å². The van der Waals surface area contributed by atoms with Crippen LogP contribution in [0.5, 0.6) is 0 Å². The second-order valence-electron chi connectivity index (χ2n) is 7.34. The Hall–Kier alpha value is -2.05. The highest BCUT2D eigenvalue weighted by Gasteiger charge is 2.22. The molecule has 1 aliphatic carbocycles. The minimum absolute atomic E-state index is 0.168. The van der Waals surface area contributed by atoms with E-state index in [1.807, 2.05) is 6.92 Å². The van der Waals surface area contributed by atoms with E-state index in [4.69, 9.17) is 4.74 Å². The first kappa shape index (κ1) is 18.3. The maximum absolute atomic E-state index is 13.2. The Kier molecular flexibility index (Phi) is 5.10. The van der Waals surface area contributed by atoms with Gasteiger partial charge in [-0.1, -0.05) is 31.9 Å². The normalized spacial score (nSPS) is 20.3. The summed E-state index contributed by atoms with van der Waals surface area (Å²) >= 11 is 1.49. The molecule has 0 aliphatic heterocycles. The molecule has 2 aromatic heterocycles. The number of fused-ring (bicyclic) bond motifs is 1. The van der Waals surface area contributed by atoms with Crippen LogP contribution in [0.1, 0.15) is 43.3 Å². The van der Waals surface area contributed by atoms with Crippen molar-refractivity contribution in [2.45, 2.75) is 52.2 Å². The molecule has 2 unspecified atom stereocenters. The van der Waals surface area contributed by atoms with E-state index in [2.05, 4.69) is 16.9 Å². The lowest BCUT2D eigenvalue weighted by molar-refractivity contribution is -0.0181. The zero-order valence-electron chi connectivity index (χ0n) is 15.5. The topological polar surface area (TPSA) is 55.0 Å². The third-order valence-electron chi connectivity index (χ3n) is 5.39. The van der Waals surface area contributed by atoms with Crippen LogP contribution in [0.4, 0.5) is 4.39 Å². The summed E-state index contributed by atoms with van der Waals surface area (Å²) in [6, 6.07) is 6.22. The minimum Gasteiger partial charge on any atom is -0.370 e. The maximum Gasteiger partial charge on any atom is 0.260 e. The molecule has 0 saturated heterocycles. The number of nitrogens with one attached hydrogen (secondary N) is 1. The Morgan fingerprint density at radius 3 is 2.74 bits per heavy atom. The predicted octanol–water partition coefficient (Wildman–Crippen LogP) is 5.19. The number of aromatic nitrogens is 2. The molecular weight excluding hydrogens is 363 g/mol. The minimum atomic E-state index is -0.292. The van der Waals surface area contributed by atoms with Crippen LogP contribution in [-0.2, 0) is 11.3 Å². The average molecular weight is 386 g/mol. The fourth-order valence-corrected chi connectivity index (χ4v) is 4.98. The van der Waals surface area contributed by atoms with Crippen LogP contribution in [0.3, 0.4) is 0 Å². The average Bonchev–Trinajstić information content (AvgIpc) is 2.98. The fraction of sp³-hybridized carbons (Fsp3) is 0.429. The summed E-state index contributed by atoms with van der Waals surface area (Å²) in [5, 5.41) is 0.568. The lowest BCUT2D eigenvalue weighted by Gasteiger charge is -2.28. The third kappa shape index (κ3) is 3.69. The van der Waals surface area contributed by atoms with Crippen molar-refractivity contribution < 1.29 is 9.13 Å². The molecule has 142 valence electrons. The Morgan fingerprint density at radius 2 is 2.00 bits per heavy atom. The summed E-state index contributed by atoms with van der Waals surface area (Å²) in [5.74, 6) is 0.819. The highest BCUT2D eigenvalue weighted by Crippen LogP contribution is 2.35. The Labute approximate surface area is 161 Å². The molecule has 2 atom stereocenters. The van der Waals surface area contributed by atoms with E-state index >= 15 is 0 Å². The summed E-state index contributed by atoms with van der Waals surface area (Å²) in [4.78, 5) is 22.0. The first-order valence-corrected chi connectivity index (χ1v) is 10.2. The van der Waals surface area contributed by atoms with Crippen molar-refractivity contribution in [3.63, 3.8) is 0 Å². The molecule has 4 rings (SSSR count). The number of hydrogen-bond acceptors (Lipinski definition) is 4. The molecule has 0 spiro atoms. The van der Waals surface area contributed by atoms with Gasteiger partial charge in [0.05, 0.1) is 11.5 Å². The van der Waals surface area contributed by atoms with Gasteiger partial charge in [-0.05, 0) is 43.4 Å². The number of aromatic amines is 1. The summed E-state index contributed by atoms with van der Waals surface area (Å²) < 4.78 is 19.3. The van der Waals surface area contributed by atoms with Crippen LogP contribution < -0.4 is 5.56 Å². The van der Waals surface area contributed by atoms with Gasteiger partial charge in [0.25, 0.3) is 5.56 Å². The molecule has 0 bridgehead atoms. The molecular formula is C21H23FN2O2S. The van der Waals surface area contributed by atoms with E-state index in [0.717, 1.165) is 22.4 Å². The maximum atomic E-state index is 13.2. The van der Waals surface area contributed by atoms with Crippen molar-refractivity contribution in [1.29, 1.82) is 0 Å². The third-order valence-corrected chi connectivity index (χ3v) is 6.39. The number of hydrogen-bond donors (Lipinski definition) is 1. The molecule has 1 fully saturated rings. The van der Waals surface area contributed by atoms with Gasteiger partial charge < -0.3 is 9.72 Å². The van der Waals surface area contributed by atoms with Gasteiger partial charge in [-0.25, -0.2) is 9.37 Å². The summed E-state index contributed by atoms with van der Waals surface area (Å²) in [7, 11) is 0. The van der Waals surface area contributed by atoms with Crippen LogP contribution in [0, 0.1) is 18.7 Å². The molecule has 1 aliphatic rings. The zero-order valence-corrected chi connectivity index (χ0v) is 16.4. The quantitative estimate of drug-likeness (QED) is 0.671. The zero-order chi connectivity index (χ0) is 19.0. The van der Waals surface area contributed by atoms with E-state index in [1.54, 1.807) is 12.1 Å². The molecule has 0 radical (unpaired) electrons. The monoisotopic (exact) mass is 386 g/mol. The van der Waals surface area contributed by atoms with Gasteiger partial charge in [-0.3, -0.25) is 4.79 Å². The predicted molar refractivity (Wildman–Crippen MR) is 107 cm³/mol. The lowest BCUT2D eigenvalue weighted by atomic mass is 9.88. The summed E-state index contributed by atoms with van der Waals surface area (Å²) in [6.45, 7) is 4.51. The molecule has 3 aromatic rings. The number of benzene rings is 1. The van der Waals surface area contributed by atoms with Crippen LogP contribution in [0.15, 0.2) is 29.1 Å². The second kappa shape index (κ2) is 7.52. The van der Waals surface area contributed by atoms with Gasteiger partial charge >= 0.3 is 0 Å². The Morgan fingerprint density at radius 1 is 1.26 bits per heavy atom. The number of nitrogens with zero attached hydrogens (tertiary/aromatic N) is 1. The Balaban J connectivity index is 1.65. The number of thiophene rings is 1. The van der Waals surface area contributed by atoms with Gasteiger partial charge in [0.15, 0.2) is 0 Å². The molecule has 1 aromatic carbocycles. The van der Waals surface area contributed by atoms with Crippen molar-refractivity contribution >= 4 is 21.6 Å². The van der Waals surface area contributed by atoms with E-state index in [0.29, 0.717) is 28.6 Å². The molecule has 27 heavy (non-hydrogen) atoms. The fourth-order valence-electron chi connectivity index (χ4n) is 3.91. The standard InChI is InChI=1S/C21H23FN2O2S/c1-12-5-3-4-6-16(12)26-11-17-23-20(25)19-18(13(2)27-21(19)24-17)14-7-9-15(22)10-8-14/h7-10,12,16H,3-6,11H2,1-2H3,(H,23,24,25). The molecule has 1 N–H and O–H groups in total. The van der Waals surface area contributed by atoms with Crippen LogP contribution in [-0.4, -0.2) is 16.1 Å². The second-order valence-corrected chi connectivity index (χ2v) is 8.55. The number of H-pyrrole nitrogens is 1. The van der Waals surface area contributed by atoms with Crippen molar-refractivity contribution in [3.05, 3.63) is 51.1 Å². The van der Waals surface area contributed by atoms with Crippen LogP contribution in [0.2, 0.25) is 0 Å². The van der Waals surface area contributed by atoms with E-state index < -0.39 is 0 Å². The SMILES string of the molecule is Cc1sc2nc(COC3CCCCC3C)[nH]c(=O)c2c1-c1ccc(F)cc1. The number of rotatable bonds is 4. The highest BCUT2D eigenvalue weighted by atomic mass is 32.1. The van der Waals surface area contributed by atoms with Gasteiger partial charge in [0.1, 0.15) is 23.1 Å². The largest absolute Gasteiger partial charge is 0.370 e. The molecule has 0 amide bonds. The van der Waals surface area contributed by atoms with E-state index in [9.17, 15) is 9.18 Å². The smallest absolute Gasteiger partial charge is 0.260 e. The summed E-state index contributed by atoms with van der Waals surface area (Å²) in [5.41, 5.74) is 1.49. The van der Waals surface area contributed by atoms with Crippen LogP contribution >= 0.6 is 11.3 Å². The van der Waals surface area contributed by atoms with Gasteiger partial charge in [0, 0.05) is 10.4 Å². The van der Waals surface area contributed by atoms with Gasteiger partial charge in [0.2, 0.25) is 0 Å². The number of ether oxygens (including phenoxy) is 1. The lowest BCUT2D eigenvalue weighted by Crippen LogP contribution is -2.26. The molecule has 4 nitrogen and oxygen atoms in total. The molecule has 6 heteroatoms. The van der Waals surface area contributed by atoms with Crippen molar-refractivity contribution in [1.82, 2.24) is 9.97 Å². The van der Waals surface area contributed by atoms with Crippen molar-refractivity contribution in [2.75, 3.05) is 0 Å². The first-order chi connectivity index (χ1) is 13.0. The van der Waals surface area contributed by atoms with E-state index in [1.165, 1.54) is 42.7 Å². The van der Waals surface area contributed by atoms with Crippen molar-refractivity contribution in [2.24, 2.45) is 5.92 Å². The highest BCUT2D eigenvalue weighted by molar-refractivity contribution is 7.19. The Bertz CT molecular complexity index is 1010. The van der Waals surface area contributed by atoms with Gasteiger partial charge in [-0.15, -0.1) is 11.3 Å². The van der Waals surface area contributed by atoms with Crippen molar-refractivity contribution in [3.8, 4) is 11.1 Å². The molecule has 1 saturated carbocycles. The van der Waals surface area contributed by atoms with Gasteiger partial charge in [-0.2, -0.15) is 0 Å². The first-order valence-electron chi connectivity index (χ1n) is 9.43. The van der Waals surface area contributed by atoms with E-state index in [-0.39, 0.29) is 17.5 Å².